The van der Waals surface area contributed by atoms with Gasteiger partial charge in [-0.1, -0.05) is 12.1 Å². The van der Waals surface area contributed by atoms with Gasteiger partial charge in [0.1, 0.15) is 5.60 Å². The lowest BCUT2D eigenvalue weighted by Gasteiger charge is -2.28. The van der Waals surface area contributed by atoms with Gasteiger partial charge < -0.3 is 24.0 Å². The number of unbranched alkanes of at least 4 members (excludes halogenated alkanes) is 1. The van der Waals surface area contributed by atoms with Crippen molar-refractivity contribution in [3.05, 3.63) is 35.3 Å². The number of amides is 1. The molecule has 1 aliphatic heterocycles. The summed E-state index contributed by atoms with van der Waals surface area (Å²) in [6.45, 7) is 9.12. The number of benzene rings is 1. The molecule has 0 atom stereocenters. The van der Waals surface area contributed by atoms with Gasteiger partial charge in [0.25, 0.3) is 0 Å². The number of hydrogen-bond donors (Lipinski definition) is 1. The van der Waals surface area contributed by atoms with Crippen molar-refractivity contribution >= 4 is 50.3 Å². The summed E-state index contributed by atoms with van der Waals surface area (Å²) in [5, 5.41) is 8.18. The number of methoxy groups -OCH3 is 1. The van der Waals surface area contributed by atoms with Crippen molar-refractivity contribution in [1.82, 2.24) is 25.1 Å². The highest BCUT2D eigenvalue weighted by molar-refractivity contribution is 7.19. The summed E-state index contributed by atoms with van der Waals surface area (Å²) < 4.78 is 17.0. The normalized spacial score (nSPS) is 14.0. The predicted molar refractivity (Wildman–Crippen MR) is 158 cm³/mol. The van der Waals surface area contributed by atoms with E-state index < -0.39 is 5.60 Å². The van der Waals surface area contributed by atoms with Crippen molar-refractivity contribution in [2.24, 2.45) is 0 Å². The van der Waals surface area contributed by atoms with Crippen LogP contribution in [0.3, 0.4) is 0 Å². The van der Waals surface area contributed by atoms with E-state index in [1.807, 2.05) is 45.0 Å². The van der Waals surface area contributed by atoms with E-state index >= 15 is 0 Å². The van der Waals surface area contributed by atoms with Crippen LogP contribution < -0.4 is 4.90 Å². The number of nitrogens with zero attached hydrogens (tertiary/aromatic N) is 5. The molecule has 1 N–H and O–H groups in total. The first kappa shape index (κ1) is 28.7. The third-order valence-electron chi connectivity index (χ3n) is 6.73. The largest absolute Gasteiger partial charge is 0.469 e. The van der Waals surface area contributed by atoms with E-state index in [0.29, 0.717) is 51.4 Å². The van der Waals surface area contributed by atoms with Gasteiger partial charge in [0.05, 0.1) is 48.8 Å². The second-order valence-electron chi connectivity index (χ2n) is 11.0. The van der Waals surface area contributed by atoms with Crippen LogP contribution in [0.25, 0.3) is 32.5 Å². The molecule has 1 fully saturated rings. The number of nitrogens with one attached hydrogen (secondary N) is 1. The fraction of sp³-hybridized carbons (Fsp3) is 0.483. The highest BCUT2D eigenvalue weighted by Gasteiger charge is 2.25. The highest BCUT2D eigenvalue weighted by Crippen LogP contribution is 2.36. The number of fused-ring (bicyclic) bond motifs is 2. The molecular weight excluding hydrogens is 544 g/mol. The molecule has 4 heterocycles. The number of thiophene rings is 1. The van der Waals surface area contributed by atoms with Gasteiger partial charge in [0.2, 0.25) is 0 Å². The lowest BCUT2D eigenvalue weighted by Crippen LogP contribution is -2.37. The smallest absolute Gasteiger partial charge is 0.410 e. The van der Waals surface area contributed by atoms with Crippen molar-refractivity contribution < 1.29 is 23.8 Å². The van der Waals surface area contributed by atoms with Crippen molar-refractivity contribution in [1.29, 1.82) is 0 Å². The Bertz CT molecular complexity index is 1520. The number of morpholine rings is 1. The Balaban J connectivity index is 1.48. The van der Waals surface area contributed by atoms with Crippen LogP contribution in [0.1, 0.15) is 44.9 Å². The Kier molecular flexibility index (Phi) is 8.69. The number of esters is 1. The summed E-state index contributed by atoms with van der Waals surface area (Å²) in [7, 11) is 1.38. The molecule has 0 radical (unpaired) electrons. The van der Waals surface area contributed by atoms with Crippen molar-refractivity contribution in [2.45, 2.75) is 52.2 Å². The van der Waals surface area contributed by atoms with Crippen molar-refractivity contribution in [2.75, 3.05) is 44.9 Å². The number of aromatic nitrogens is 4. The molecule has 5 rings (SSSR count). The van der Waals surface area contributed by atoms with Crippen LogP contribution in [0.15, 0.2) is 30.5 Å². The third kappa shape index (κ3) is 6.94. The van der Waals surface area contributed by atoms with E-state index in [0.717, 1.165) is 50.5 Å². The summed E-state index contributed by atoms with van der Waals surface area (Å²) >= 11 is 1.59. The summed E-state index contributed by atoms with van der Waals surface area (Å²) in [5.41, 5.74) is 2.03. The predicted octanol–water partition coefficient (Wildman–Crippen LogP) is 5.15. The number of aromatic amines is 1. The van der Waals surface area contributed by atoms with Gasteiger partial charge in [-0.3, -0.25) is 9.89 Å². The molecule has 0 spiro atoms. The number of hydrogen-bond acceptors (Lipinski definition) is 10. The van der Waals surface area contributed by atoms with Crippen LogP contribution in [-0.4, -0.2) is 82.7 Å². The molecule has 41 heavy (non-hydrogen) atoms. The molecule has 218 valence electrons. The third-order valence-corrected chi connectivity index (χ3v) is 7.83. The van der Waals surface area contributed by atoms with Crippen LogP contribution in [0, 0.1) is 0 Å². The molecule has 4 aromatic rings. The first-order valence-corrected chi connectivity index (χ1v) is 14.6. The van der Waals surface area contributed by atoms with Gasteiger partial charge in [-0.15, -0.1) is 11.3 Å². The molecule has 3 aromatic heterocycles. The lowest BCUT2D eigenvalue weighted by molar-refractivity contribution is -0.140. The number of anilines is 1. The molecule has 1 amide bonds. The minimum absolute atomic E-state index is 0.255. The van der Waals surface area contributed by atoms with Crippen molar-refractivity contribution in [3.63, 3.8) is 0 Å². The topological polar surface area (TPSA) is 123 Å². The quantitative estimate of drug-likeness (QED) is 0.211. The summed E-state index contributed by atoms with van der Waals surface area (Å²) in [5.74, 6) is 1.24. The maximum absolute atomic E-state index is 13.2. The summed E-state index contributed by atoms with van der Waals surface area (Å²) in [6, 6.07) is 7.99. The van der Waals surface area contributed by atoms with E-state index in [9.17, 15) is 9.59 Å². The highest BCUT2D eigenvalue weighted by atomic mass is 32.1. The maximum Gasteiger partial charge on any atom is 0.410 e. The molecule has 0 aliphatic carbocycles. The zero-order valence-electron chi connectivity index (χ0n) is 23.9. The van der Waals surface area contributed by atoms with Gasteiger partial charge in [-0.2, -0.15) is 5.10 Å². The van der Waals surface area contributed by atoms with Gasteiger partial charge in [-0.05, 0) is 45.7 Å². The average molecular weight is 581 g/mol. The fourth-order valence-electron chi connectivity index (χ4n) is 4.74. The molecule has 0 saturated carbocycles. The Labute approximate surface area is 242 Å². The maximum atomic E-state index is 13.2. The minimum atomic E-state index is -0.626. The monoisotopic (exact) mass is 580 g/mol. The molecule has 1 aromatic carbocycles. The first-order valence-electron chi connectivity index (χ1n) is 13.8. The molecule has 0 unspecified atom stereocenters. The molecular formula is C29H36N6O5S. The number of carbonyl (C=O) groups is 2. The summed E-state index contributed by atoms with van der Waals surface area (Å²) in [4.78, 5) is 39.7. The molecule has 0 bridgehead atoms. The average Bonchev–Trinajstić information content (AvgIpc) is 3.60. The van der Waals surface area contributed by atoms with Crippen LogP contribution in [0.2, 0.25) is 0 Å². The van der Waals surface area contributed by atoms with Crippen LogP contribution in [0.5, 0.6) is 0 Å². The first-order chi connectivity index (χ1) is 19.7. The van der Waals surface area contributed by atoms with Gasteiger partial charge in [0, 0.05) is 41.9 Å². The molecule has 12 heteroatoms. The Morgan fingerprint density at radius 1 is 1.17 bits per heavy atom. The van der Waals surface area contributed by atoms with E-state index in [1.54, 1.807) is 22.4 Å². The van der Waals surface area contributed by atoms with Crippen molar-refractivity contribution in [3.8, 4) is 11.4 Å². The Hall–Kier alpha value is -3.77. The zero-order valence-corrected chi connectivity index (χ0v) is 24.8. The molecule has 1 saturated heterocycles. The number of H-pyrrole nitrogens is 1. The zero-order chi connectivity index (χ0) is 29.0. The fourth-order valence-corrected chi connectivity index (χ4v) is 5.87. The van der Waals surface area contributed by atoms with Gasteiger partial charge >= 0.3 is 12.1 Å². The lowest BCUT2D eigenvalue weighted by atomic mass is 10.1. The Morgan fingerprint density at radius 3 is 2.73 bits per heavy atom. The number of ether oxygens (including phenoxy) is 3. The number of carbonyl (C=O) groups excluding carboxylic acids is 2. The van der Waals surface area contributed by atoms with Gasteiger partial charge in [-0.25, -0.2) is 14.8 Å². The second kappa shape index (κ2) is 12.4. The Morgan fingerprint density at radius 2 is 1.98 bits per heavy atom. The van der Waals surface area contributed by atoms with E-state index in [2.05, 4.69) is 15.1 Å². The van der Waals surface area contributed by atoms with E-state index in [4.69, 9.17) is 24.2 Å². The molecule has 1 aliphatic rings. The van der Waals surface area contributed by atoms with Crippen LogP contribution in [0.4, 0.5) is 10.6 Å². The van der Waals surface area contributed by atoms with E-state index in [-0.39, 0.29) is 12.1 Å². The summed E-state index contributed by atoms with van der Waals surface area (Å²) in [6.07, 6.45) is 2.99. The SMILES string of the molecule is COC(=O)CCCCN(Cc1cc2nc(-c3cccc4[nH]ncc34)nc(N3CCOCC3)c2s1)C(=O)OC(C)(C)C. The second-order valence-corrected chi connectivity index (χ2v) is 12.1. The van der Waals surface area contributed by atoms with E-state index in [1.165, 1.54) is 7.11 Å². The molecule has 11 nitrogen and oxygen atoms in total. The minimum Gasteiger partial charge on any atom is -0.469 e. The van der Waals surface area contributed by atoms with Crippen LogP contribution in [-0.2, 0) is 25.5 Å². The van der Waals surface area contributed by atoms with Crippen LogP contribution >= 0.6 is 11.3 Å². The number of rotatable bonds is 9. The standard InChI is InChI=1S/C29H36N6O5S/c1-29(2,3)40-28(37)35(11-6-5-10-24(36)38-4)18-19-16-23-25(41-19)27(34-12-14-39-15-13-34)32-26(31-23)20-8-7-9-22-21(20)17-30-33-22/h7-9,16-17H,5-6,10-15,18H2,1-4H3,(H,30,33). The van der Waals surface area contributed by atoms with Gasteiger partial charge in [0.15, 0.2) is 11.6 Å².